The Kier molecular flexibility index (Phi) is 3.64. The molecule has 0 spiro atoms. The van der Waals surface area contributed by atoms with Crippen LogP contribution < -0.4 is 5.73 Å². The normalized spacial score (nSPS) is 20.4. The molecule has 1 amide bonds. The maximum absolute atomic E-state index is 11.2. The number of epoxide rings is 1. The Morgan fingerprint density at radius 3 is 2.79 bits per heavy atom. The third-order valence-electron chi connectivity index (χ3n) is 1.73. The fourth-order valence-corrected chi connectivity index (χ4v) is 0.784. The number of rotatable bonds is 5. The summed E-state index contributed by atoms with van der Waals surface area (Å²) in [5.74, 6) is -0.899. The largest absolute Gasteiger partial charge is 0.459 e. The lowest BCUT2D eigenvalue weighted by atomic mass is 10.2. The Morgan fingerprint density at radius 1 is 1.64 bits per heavy atom. The predicted molar refractivity (Wildman–Crippen MR) is 48.3 cm³/mol. The summed E-state index contributed by atoms with van der Waals surface area (Å²) in [5.41, 5.74) is 5.31. The second kappa shape index (κ2) is 4.76. The number of carbonyl (C=O) groups excluding carboxylic acids is 2. The smallest absolute Gasteiger partial charge is 0.333 e. The highest BCUT2D eigenvalue weighted by Gasteiger charge is 2.24. The number of esters is 1. The maximum Gasteiger partial charge on any atom is 0.333 e. The summed E-state index contributed by atoms with van der Waals surface area (Å²) in [6.07, 6.45) is 1.57. The zero-order valence-electron chi connectivity index (χ0n) is 7.99. The fourth-order valence-electron chi connectivity index (χ4n) is 0.784. The van der Waals surface area contributed by atoms with Gasteiger partial charge in [0.15, 0.2) is 0 Å². The molecule has 1 aliphatic rings. The Morgan fingerprint density at radius 2 is 2.29 bits per heavy atom. The van der Waals surface area contributed by atoms with Gasteiger partial charge in [0.1, 0.15) is 12.7 Å². The molecule has 1 heterocycles. The van der Waals surface area contributed by atoms with Crippen LogP contribution in [0.15, 0.2) is 11.6 Å². The van der Waals surface area contributed by atoms with Crippen molar-refractivity contribution in [3.8, 4) is 0 Å². The molecular formula is C9H13NO4. The van der Waals surface area contributed by atoms with Gasteiger partial charge in [0, 0.05) is 12.0 Å². The van der Waals surface area contributed by atoms with Crippen molar-refractivity contribution in [2.45, 2.75) is 19.4 Å². The van der Waals surface area contributed by atoms with E-state index in [-0.39, 0.29) is 19.1 Å². The van der Waals surface area contributed by atoms with Gasteiger partial charge in [0.25, 0.3) is 0 Å². The monoisotopic (exact) mass is 199 g/mol. The molecule has 78 valence electrons. The van der Waals surface area contributed by atoms with Gasteiger partial charge in [-0.15, -0.1) is 0 Å². The SMILES string of the molecule is CC(=CCC(N)=O)C(=O)OCC1CO1. The molecule has 0 aromatic carbocycles. The van der Waals surface area contributed by atoms with E-state index in [1.807, 2.05) is 0 Å². The molecular weight excluding hydrogens is 186 g/mol. The molecule has 0 aromatic rings. The molecule has 5 heteroatoms. The van der Waals surface area contributed by atoms with Crippen molar-refractivity contribution in [1.29, 1.82) is 0 Å². The molecule has 0 saturated carbocycles. The molecule has 0 bridgehead atoms. The highest BCUT2D eigenvalue weighted by Crippen LogP contribution is 2.09. The minimum atomic E-state index is -0.470. The van der Waals surface area contributed by atoms with Crippen LogP contribution in [0.3, 0.4) is 0 Å². The molecule has 0 aliphatic carbocycles. The van der Waals surface area contributed by atoms with Gasteiger partial charge in [-0.05, 0) is 6.92 Å². The summed E-state index contributed by atoms with van der Waals surface area (Å²) < 4.78 is 9.74. The molecule has 1 rings (SSSR count). The second-order valence-electron chi connectivity index (χ2n) is 3.11. The summed E-state index contributed by atoms with van der Waals surface area (Å²) >= 11 is 0. The highest BCUT2D eigenvalue weighted by molar-refractivity contribution is 5.89. The van der Waals surface area contributed by atoms with Crippen molar-refractivity contribution in [3.63, 3.8) is 0 Å². The standard InChI is InChI=1S/C9H13NO4/c1-6(2-3-8(10)11)9(12)14-5-7-4-13-7/h2,7H,3-5H2,1H3,(H2,10,11). The molecule has 0 radical (unpaired) electrons. The summed E-state index contributed by atoms with van der Waals surface area (Å²) in [7, 11) is 0. The molecule has 1 fully saturated rings. The van der Waals surface area contributed by atoms with Gasteiger partial charge >= 0.3 is 5.97 Å². The molecule has 1 atom stereocenters. The van der Waals surface area contributed by atoms with Gasteiger partial charge in [0.05, 0.1) is 6.61 Å². The number of ether oxygens (including phenoxy) is 2. The van der Waals surface area contributed by atoms with Crippen LogP contribution in [0.4, 0.5) is 0 Å². The average Bonchev–Trinajstić information content (AvgIpc) is 2.93. The molecule has 14 heavy (non-hydrogen) atoms. The van der Waals surface area contributed by atoms with Crippen LogP contribution in [0.2, 0.25) is 0 Å². The van der Waals surface area contributed by atoms with E-state index in [1.54, 1.807) is 6.92 Å². The lowest BCUT2D eigenvalue weighted by molar-refractivity contribution is -0.139. The van der Waals surface area contributed by atoms with Crippen molar-refractivity contribution >= 4 is 11.9 Å². The van der Waals surface area contributed by atoms with Crippen molar-refractivity contribution in [2.24, 2.45) is 5.73 Å². The van der Waals surface area contributed by atoms with E-state index >= 15 is 0 Å². The molecule has 1 aliphatic heterocycles. The average molecular weight is 199 g/mol. The number of hydrogen-bond acceptors (Lipinski definition) is 4. The maximum atomic E-state index is 11.2. The molecule has 2 N–H and O–H groups in total. The quantitative estimate of drug-likeness (QED) is 0.376. The lowest BCUT2D eigenvalue weighted by Crippen LogP contribution is -2.12. The second-order valence-corrected chi connectivity index (χ2v) is 3.11. The van der Waals surface area contributed by atoms with Crippen molar-refractivity contribution in [2.75, 3.05) is 13.2 Å². The van der Waals surface area contributed by atoms with Crippen molar-refractivity contribution < 1.29 is 19.1 Å². The lowest BCUT2D eigenvalue weighted by Gasteiger charge is -2.01. The number of hydrogen-bond donors (Lipinski definition) is 1. The van der Waals surface area contributed by atoms with Gasteiger partial charge < -0.3 is 15.2 Å². The van der Waals surface area contributed by atoms with Gasteiger partial charge in [-0.2, -0.15) is 0 Å². The molecule has 5 nitrogen and oxygen atoms in total. The van der Waals surface area contributed by atoms with Crippen LogP contribution in [0.1, 0.15) is 13.3 Å². The van der Waals surface area contributed by atoms with Crippen molar-refractivity contribution in [3.05, 3.63) is 11.6 Å². The van der Waals surface area contributed by atoms with Crippen LogP contribution in [0, 0.1) is 0 Å². The van der Waals surface area contributed by atoms with E-state index in [0.717, 1.165) is 0 Å². The van der Waals surface area contributed by atoms with Crippen LogP contribution in [-0.2, 0) is 19.1 Å². The van der Waals surface area contributed by atoms with E-state index in [9.17, 15) is 9.59 Å². The third-order valence-corrected chi connectivity index (χ3v) is 1.73. The Bertz CT molecular complexity index is 268. The van der Waals surface area contributed by atoms with E-state index < -0.39 is 11.9 Å². The molecule has 0 aromatic heterocycles. The highest BCUT2D eigenvalue weighted by atomic mass is 16.6. The van der Waals surface area contributed by atoms with Crippen LogP contribution in [-0.4, -0.2) is 31.2 Å². The van der Waals surface area contributed by atoms with E-state index in [4.69, 9.17) is 15.2 Å². The summed E-state index contributed by atoms with van der Waals surface area (Å²) in [5, 5.41) is 0. The Balaban J connectivity index is 2.26. The first-order chi connectivity index (χ1) is 6.59. The minimum absolute atomic E-state index is 0.0564. The van der Waals surface area contributed by atoms with Crippen LogP contribution >= 0.6 is 0 Å². The third kappa shape index (κ3) is 4.04. The van der Waals surface area contributed by atoms with Gasteiger partial charge in [-0.25, -0.2) is 4.79 Å². The minimum Gasteiger partial charge on any atom is -0.459 e. The Labute approximate surface area is 81.9 Å². The van der Waals surface area contributed by atoms with E-state index in [2.05, 4.69) is 0 Å². The zero-order valence-corrected chi connectivity index (χ0v) is 7.99. The summed E-state index contributed by atoms with van der Waals surface area (Å²) in [4.78, 5) is 21.6. The number of amides is 1. The van der Waals surface area contributed by atoms with Crippen molar-refractivity contribution in [1.82, 2.24) is 0 Å². The van der Waals surface area contributed by atoms with E-state index in [0.29, 0.717) is 12.2 Å². The molecule has 1 unspecified atom stereocenters. The van der Waals surface area contributed by atoms with Crippen LogP contribution in [0.5, 0.6) is 0 Å². The number of carbonyl (C=O) groups is 2. The topological polar surface area (TPSA) is 81.9 Å². The zero-order chi connectivity index (χ0) is 10.6. The van der Waals surface area contributed by atoms with Crippen LogP contribution in [0.25, 0.3) is 0 Å². The summed E-state index contributed by atoms with van der Waals surface area (Å²) in [6, 6.07) is 0. The first kappa shape index (κ1) is 10.7. The Hall–Kier alpha value is -1.36. The number of primary amides is 1. The fraction of sp³-hybridized carbons (Fsp3) is 0.556. The summed E-state index contributed by atoms with van der Waals surface area (Å²) in [6.45, 7) is 2.51. The predicted octanol–water partition coefficient (Wildman–Crippen LogP) is -0.250. The first-order valence-electron chi connectivity index (χ1n) is 4.33. The van der Waals surface area contributed by atoms with Gasteiger partial charge in [0.2, 0.25) is 5.91 Å². The first-order valence-corrected chi connectivity index (χ1v) is 4.33. The van der Waals surface area contributed by atoms with Gasteiger partial charge in [-0.1, -0.05) is 6.08 Å². The number of nitrogens with two attached hydrogens (primary N) is 1. The molecule has 1 saturated heterocycles. The van der Waals surface area contributed by atoms with Gasteiger partial charge in [-0.3, -0.25) is 4.79 Å². The van der Waals surface area contributed by atoms with E-state index in [1.165, 1.54) is 6.08 Å².